The Morgan fingerprint density at radius 1 is 1.29 bits per heavy atom. The molecule has 90 valence electrons. The van der Waals surface area contributed by atoms with Crippen LogP contribution >= 0.6 is 15.9 Å². The number of carbonyl (C=O) groups is 1. The van der Waals surface area contributed by atoms with E-state index in [1.807, 2.05) is 32.9 Å². The van der Waals surface area contributed by atoms with Gasteiger partial charge < -0.3 is 4.74 Å². The lowest BCUT2D eigenvalue weighted by atomic mass is 10.1. The summed E-state index contributed by atoms with van der Waals surface area (Å²) in [4.78, 5) is 11.7. The second-order valence-electron chi connectivity index (χ2n) is 4.51. The fourth-order valence-electron chi connectivity index (χ4n) is 1.16. The van der Waals surface area contributed by atoms with Crippen molar-refractivity contribution in [1.82, 2.24) is 0 Å². The molecule has 3 heteroatoms. The third-order valence-corrected chi connectivity index (χ3v) is 2.10. The van der Waals surface area contributed by atoms with Crippen LogP contribution in [0.5, 0.6) is 0 Å². The van der Waals surface area contributed by atoms with Gasteiger partial charge in [0, 0.05) is 5.56 Å². The van der Waals surface area contributed by atoms with Crippen LogP contribution in [-0.2, 0) is 4.74 Å². The van der Waals surface area contributed by atoms with Gasteiger partial charge in [0.25, 0.3) is 0 Å². The molecule has 0 heterocycles. The van der Waals surface area contributed by atoms with Crippen molar-refractivity contribution < 1.29 is 9.53 Å². The average molecular weight is 295 g/mol. The predicted molar refractivity (Wildman–Crippen MR) is 72.3 cm³/mol. The number of alkyl halides is 1. The number of hydrogen-bond donors (Lipinski definition) is 0. The Labute approximate surface area is 110 Å². The van der Waals surface area contributed by atoms with Crippen molar-refractivity contribution in [3.63, 3.8) is 0 Å². The largest absolute Gasteiger partial charge is 0.456 e. The molecule has 1 rings (SSSR count). The summed E-state index contributed by atoms with van der Waals surface area (Å²) in [7, 11) is 0. The molecule has 0 unspecified atom stereocenters. The Hall–Kier alpha value is -1.27. The van der Waals surface area contributed by atoms with Gasteiger partial charge in [0.1, 0.15) is 5.60 Å². The normalized spacial score (nSPS) is 10.4. The molecule has 0 amide bonds. The second kappa shape index (κ2) is 5.88. The number of rotatable bonds is 1. The van der Waals surface area contributed by atoms with Crippen molar-refractivity contribution in [3.8, 4) is 11.8 Å². The molecule has 0 radical (unpaired) electrons. The zero-order valence-electron chi connectivity index (χ0n) is 10.2. The van der Waals surface area contributed by atoms with Crippen LogP contribution in [0.2, 0.25) is 0 Å². The van der Waals surface area contributed by atoms with Gasteiger partial charge in [-0.15, -0.1) is 0 Å². The second-order valence-corrected chi connectivity index (χ2v) is 5.08. The number of halogens is 1. The first-order valence-electron chi connectivity index (χ1n) is 5.30. The zero-order chi connectivity index (χ0) is 12.9. The van der Waals surface area contributed by atoms with E-state index in [1.165, 1.54) is 0 Å². The summed E-state index contributed by atoms with van der Waals surface area (Å²) >= 11 is 3.23. The van der Waals surface area contributed by atoms with E-state index in [-0.39, 0.29) is 5.97 Å². The number of hydrogen-bond acceptors (Lipinski definition) is 2. The maximum atomic E-state index is 11.7. The molecule has 1 aromatic rings. The molecule has 0 saturated heterocycles. The quantitative estimate of drug-likeness (QED) is 0.451. The minimum atomic E-state index is -0.467. The smallest absolute Gasteiger partial charge is 0.338 e. The van der Waals surface area contributed by atoms with Gasteiger partial charge in [0.2, 0.25) is 0 Å². The fraction of sp³-hybridized carbons (Fsp3) is 0.357. The molecule has 0 aliphatic heterocycles. The zero-order valence-corrected chi connectivity index (χ0v) is 11.8. The van der Waals surface area contributed by atoms with Gasteiger partial charge in [-0.2, -0.15) is 0 Å². The van der Waals surface area contributed by atoms with Gasteiger partial charge in [-0.05, 0) is 45.0 Å². The van der Waals surface area contributed by atoms with Crippen molar-refractivity contribution in [2.75, 3.05) is 5.33 Å². The molecular weight excluding hydrogens is 280 g/mol. The van der Waals surface area contributed by atoms with Crippen LogP contribution in [0.15, 0.2) is 24.3 Å². The third kappa shape index (κ3) is 5.06. The molecular formula is C14H15BrO2. The Morgan fingerprint density at radius 3 is 2.35 bits per heavy atom. The molecule has 0 spiro atoms. The average Bonchev–Trinajstić information content (AvgIpc) is 2.24. The van der Waals surface area contributed by atoms with Crippen molar-refractivity contribution in [2.24, 2.45) is 0 Å². The van der Waals surface area contributed by atoms with Gasteiger partial charge in [-0.3, -0.25) is 0 Å². The molecule has 0 aliphatic rings. The first-order valence-corrected chi connectivity index (χ1v) is 6.43. The van der Waals surface area contributed by atoms with Crippen LogP contribution in [0.25, 0.3) is 0 Å². The van der Waals surface area contributed by atoms with E-state index in [1.54, 1.807) is 12.1 Å². The highest BCUT2D eigenvalue weighted by Gasteiger charge is 2.17. The first-order chi connectivity index (χ1) is 7.92. The predicted octanol–water partition coefficient (Wildman–Crippen LogP) is 3.39. The number of carbonyl (C=O) groups excluding carboxylic acids is 1. The molecule has 0 aromatic heterocycles. The summed E-state index contributed by atoms with van der Waals surface area (Å²) in [5, 5.41) is 0.640. The SMILES string of the molecule is CC(C)(C)OC(=O)c1ccc(C#CCBr)cc1. The van der Waals surface area contributed by atoms with E-state index >= 15 is 0 Å². The maximum absolute atomic E-state index is 11.7. The molecule has 17 heavy (non-hydrogen) atoms. The molecule has 1 aromatic carbocycles. The standard InChI is InChI=1S/C14H15BrO2/c1-14(2,3)17-13(16)12-8-6-11(7-9-12)5-4-10-15/h6-9H,10H2,1-3H3. The van der Waals surface area contributed by atoms with E-state index in [9.17, 15) is 4.79 Å². The number of ether oxygens (including phenoxy) is 1. The highest BCUT2D eigenvalue weighted by atomic mass is 79.9. The third-order valence-electron chi connectivity index (χ3n) is 1.82. The lowest BCUT2D eigenvalue weighted by Gasteiger charge is -2.19. The molecule has 0 atom stereocenters. The van der Waals surface area contributed by atoms with E-state index in [2.05, 4.69) is 27.8 Å². The molecule has 0 aliphatic carbocycles. The number of benzene rings is 1. The number of esters is 1. The Morgan fingerprint density at radius 2 is 1.88 bits per heavy atom. The first kappa shape index (κ1) is 13.8. The van der Waals surface area contributed by atoms with Crippen molar-refractivity contribution in [3.05, 3.63) is 35.4 Å². The van der Waals surface area contributed by atoms with Crippen molar-refractivity contribution in [1.29, 1.82) is 0 Å². The highest BCUT2D eigenvalue weighted by molar-refractivity contribution is 9.09. The lowest BCUT2D eigenvalue weighted by Crippen LogP contribution is -2.23. The van der Waals surface area contributed by atoms with Crippen LogP contribution < -0.4 is 0 Å². The van der Waals surface area contributed by atoms with Gasteiger partial charge >= 0.3 is 5.97 Å². The monoisotopic (exact) mass is 294 g/mol. The van der Waals surface area contributed by atoms with Gasteiger partial charge in [-0.1, -0.05) is 27.8 Å². The highest BCUT2D eigenvalue weighted by Crippen LogP contribution is 2.12. The van der Waals surface area contributed by atoms with Gasteiger partial charge in [0.15, 0.2) is 0 Å². The summed E-state index contributed by atoms with van der Waals surface area (Å²) in [6, 6.07) is 7.09. The van der Waals surface area contributed by atoms with E-state index in [4.69, 9.17) is 4.74 Å². The molecule has 0 saturated carbocycles. The molecule has 2 nitrogen and oxygen atoms in total. The van der Waals surface area contributed by atoms with Gasteiger partial charge in [-0.25, -0.2) is 4.79 Å². The Bertz CT molecular complexity index is 444. The van der Waals surface area contributed by atoms with Crippen molar-refractivity contribution >= 4 is 21.9 Å². The van der Waals surface area contributed by atoms with Crippen LogP contribution in [0.3, 0.4) is 0 Å². The van der Waals surface area contributed by atoms with Gasteiger partial charge in [0.05, 0.1) is 10.9 Å². The van der Waals surface area contributed by atoms with Crippen LogP contribution in [-0.4, -0.2) is 16.9 Å². The van der Waals surface area contributed by atoms with E-state index < -0.39 is 5.60 Å². The summed E-state index contributed by atoms with van der Waals surface area (Å²) in [6.07, 6.45) is 0. The lowest BCUT2D eigenvalue weighted by molar-refractivity contribution is 0.00696. The summed E-state index contributed by atoms with van der Waals surface area (Å²) in [6.45, 7) is 5.54. The van der Waals surface area contributed by atoms with Crippen molar-refractivity contribution in [2.45, 2.75) is 26.4 Å². The summed E-state index contributed by atoms with van der Waals surface area (Å²) in [5.74, 6) is 5.55. The van der Waals surface area contributed by atoms with Crippen LogP contribution in [0.1, 0.15) is 36.7 Å². The molecule has 0 N–H and O–H groups in total. The summed E-state index contributed by atoms with van der Waals surface area (Å²) < 4.78 is 5.26. The maximum Gasteiger partial charge on any atom is 0.338 e. The molecule has 0 fully saturated rings. The fourth-order valence-corrected chi connectivity index (χ4v) is 1.30. The summed E-state index contributed by atoms with van der Waals surface area (Å²) in [5.41, 5.74) is 0.965. The Kier molecular flexibility index (Phi) is 4.77. The minimum absolute atomic E-state index is 0.308. The van der Waals surface area contributed by atoms with Crippen LogP contribution in [0.4, 0.5) is 0 Å². The van der Waals surface area contributed by atoms with E-state index in [0.29, 0.717) is 10.9 Å². The van der Waals surface area contributed by atoms with Crippen LogP contribution in [0, 0.1) is 11.8 Å². The van der Waals surface area contributed by atoms with E-state index in [0.717, 1.165) is 5.56 Å². The molecule has 0 bridgehead atoms. The Balaban J connectivity index is 2.77. The topological polar surface area (TPSA) is 26.3 Å². The minimum Gasteiger partial charge on any atom is -0.456 e.